The Labute approximate surface area is 92.2 Å². The molecule has 0 aromatic heterocycles. The zero-order chi connectivity index (χ0) is 11.6. The molecule has 7 heteroatoms. The number of hydrogen-bond donors (Lipinski definition) is 3. The second kappa shape index (κ2) is 4.31. The molecule has 1 rings (SSSR count). The van der Waals surface area contributed by atoms with Crippen molar-refractivity contribution in [3.05, 3.63) is 18.2 Å². The minimum absolute atomic E-state index is 0.362. The summed E-state index contributed by atoms with van der Waals surface area (Å²) in [6.45, 7) is 0. The summed E-state index contributed by atoms with van der Waals surface area (Å²) in [5, 5.41) is 0. The van der Waals surface area contributed by atoms with E-state index in [2.05, 4.69) is 0 Å². The van der Waals surface area contributed by atoms with Crippen molar-refractivity contribution in [3.8, 4) is 0 Å². The van der Waals surface area contributed by atoms with Crippen LogP contribution in [0.15, 0.2) is 23.1 Å². The lowest BCUT2D eigenvalue weighted by molar-refractivity contribution is 0.450. The van der Waals surface area contributed by atoms with E-state index in [1.165, 1.54) is 0 Å². The normalized spacial score (nSPS) is 11.2. The zero-order valence-corrected chi connectivity index (χ0v) is 10.0. The van der Waals surface area contributed by atoms with Crippen molar-refractivity contribution in [3.63, 3.8) is 0 Å². The lowest BCUT2D eigenvalue weighted by Gasteiger charge is -2.11. The SMILES string of the molecule is CN(C)c1ccc(N)c([S+]=S(=O)(O)O)c1. The fourth-order valence-corrected chi connectivity index (χ4v) is 2.69. The lowest BCUT2D eigenvalue weighted by Crippen LogP contribution is -2.09. The van der Waals surface area contributed by atoms with Gasteiger partial charge in [-0.25, -0.2) is 0 Å². The fraction of sp³-hybridized carbons (Fsp3) is 0.250. The highest BCUT2D eigenvalue weighted by atomic mass is 32.9. The van der Waals surface area contributed by atoms with E-state index >= 15 is 0 Å². The quantitative estimate of drug-likeness (QED) is 0.536. The molecule has 0 unspecified atom stereocenters. The number of rotatable bonds is 2. The van der Waals surface area contributed by atoms with Gasteiger partial charge >= 0.3 is 19.4 Å². The van der Waals surface area contributed by atoms with Crippen LogP contribution in [0.5, 0.6) is 0 Å². The summed E-state index contributed by atoms with van der Waals surface area (Å²) in [7, 11) is 0.257. The monoisotopic (exact) mass is 249 g/mol. The summed E-state index contributed by atoms with van der Waals surface area (Å²) in [5.41, 5.74) is 6.81. The molecule has 0 bridgehead atoms. The first kappa shape index (κ1) is 12.2. The number of hydrogen-bond acceptors (Lipinski definition) is 3. The zero-order valence-electron chi connectivity index (χ0n) is 8.38. The van der Waals surface area contributed by atoms with Crippen LogP contribution in [0.3, 0.4) is 0 Å². The number of nitrogens with zero attached hydrogens (tertiary/aromatic N) is 1. The molecule has 1 aromatic carbocycles. The second-order valence-electron chi connectivity index (χ2n) is 3.15. The van der Waals surface area contributed by atoms with E-state index in [0.29, 0.717) is 20.9 Å². The van der Waals surface area contributed by atoms with E-state index in [1.807, 2.05) is 19.0 Å². The van der Waals surface area contributed by atoms with E-state index in [0.717, 1.165) is 5.69 Å². The third-order valence-electron chi connectivity index (χ3n) is 1.71. The van der Waals surface area contributed by atoms with Gasteiger partial charge in [-0.15, -0.1) is 0 Å². The molecule has 0 amide bonds. The number of nitrogens with two attached hydrogens (primary N) is 1. The van der Waals surface area contributed by atoms with Crippen LogP contribution in [0, 0.1) is 0 Å². The van der Waals surface area contributed by atoms with Gasteiger partial charge in [0.2, 0.25) is 0 Å². The molecule has 0 aliphatic heterocycles. The van der Waals surface area contributed by atoms with Crippen LogP contribution >= 0.6 is 0 Å². The Balaban J connectivity index is 3.30. The molecule has 0 atom stereocenters. The second-order valence-corrected chi connectivity index (χ2v) is 6.45. The van der Waals surface area contributed by atoms with Crippen LogP contribution < -0.4 is 10.6 Å². The Morgan fingerprint density at radius 1 is 1.40 bits per heavy atom. The summed E-state index contributed by atoms with van der Waals surface area (Å²) in [6.07, 6.45) is 0. The Morgan fingerprint density at radius 2 is 2.00 bits per heavy atom. The number of anilines is 2. The first-order chi connectivity index (χ1) is 6.79. The van der Waals surface area contributed by atoms with Gasteiger partial charge in [0.25, 0.3) is 4.90 Å². The average Bonchev–Trinajstić information content (AvgIpc) is 2.06. The molecule has 0 aliphatic carbocycles. The van der Waals surface area contributed by atoms with Gasteiger partial charge in [0, 0.05) is 25.8 Å². The summed E-state index contributed by atoms with van der Waals surface area (Å²) >= 11 is 0. The summed E-state index contributed by atoms with van der Waals surface area (Å²) in [6, 6.07) is 5.06. The van der Waals surface area contributed by atoms with Crippen LogP contribution in [0.1, 0.15) is 0 Å². The predicted octanol–water partition coefficient (Wildman–Crippen LogP) is 0.922. The molecular formula is C8H13N2O3S2+. The first-order valence-electron chi connectivity index (χ1n) is 4.05. The number of nitrogen functional groups attached to an aromatic ring is 1. The Hall–Kier alpha value is -0.890. The van der Waals surface area contributed by atoms with Crippen molar-refractivity contribution in [2.24, 2.45) is 0 Å². The van der Waals surface area contributed by atoms with Gasteiger partial charge in [-0.2, -0.15) is 4.21 Å². The summed E-state index contributed by atoms with van der Waals surface area (Å²) in [4.78, 5) is 2.22. The molecule has 0 aliphatic rings. The molecule has 84 valence electrons. The molecule has 1 aromatic rings. The van der Waals surface area contributed by atoms with Crippen LogP contribution in [-0.2, 0) is 19.4 Å². The Morgan fingerprint density at radius 3 is 2.47 bits per heavy atom. The minimum Gasteiger partial charge on any atom is -0.394 e. The fourth-order valence-electron chi connectivity index (χ4n) is 0.990. The Kier molecular flexibility index (Phi) is 3.50. The van der Waals surface area contributed by atoms with Crippen molar-refractivity contribution in [2.75, 3.05) is 24.7 Å². The smallest absolute Gasteiger partial charge is 0.394 e. The van der Waals surface area contributed by atoms with Crippen molar-refractivity contribution in [1.29, 1.82) is 0 Å². The Bertz CT molecular complexity index is 471. The molecule has 0 heterocycles. The number of benzene rings is 1. The highest BCUT2D eigenvalue weighted by Crippen LogP contribution is 2.20. The van der Waals surface area contributed by atoms with Crippen LogP contribution in [-0.4, -0.2) is 27.4 Å². The van der Waals surface area contributed by atoms with E-state index in [-0.39, 0.29) is 0 Å². The molecule has 5 nitrogen and oxygen atoms in total. The minimum atomic E-state index is -3.87. The molecule has 0 saturated heterocycles. The molecule has 0 fully saturated rings. The highest BCUT2D eigenvalue weighted by molar-refractivity contribution is 8.34. The predicted molar refractivity (Wildman–Crippen MR) is 64.2 cm³/mol. The van der Waals surface area contributed by atoms with E-state index < -0.39 is 9.05 Å². The summed E-state index contributed by atoms with van der Waals surface area (Å²) in [5.74, 6) is 0. The van der Waals surface area contributed by atoms with Crippen LogP contribution in [0.25, 0.3) is 0 Å². The molecule has 15 heavy (non-hydrogen) atoms. The van der Waals surface area contributed by atoms with Crippen molar-refractivity contribution in [2.45, 2.75) is 4.90 Å². The maximum atomic E-state index is 10.8. The van der Waals surface area contributed by atoms with Crippen LogP contribution in [0.4, 0.5) is 11.4 Å². The van der Waals surface area contributed by atoms with Gasteiger partial charge in [-0.05, 0) is 12.1 Å². The van der Waals surface area contributed by atoms with E-state index in [4.69, 9.17) is 14.8 Å². The molecule has 0 radical (unpaired) electrons. The summed E-state index contributed by atoms with van der Waals surface area (Å²) < 4.78 is 28.4. The lowest BCUT2D eigenvalue weighted by atomic mass is 10.3. The third kappa shape index (κ3) is 3.63. The largest absolute Gasteiger partial charge is 0.437 e. The van der Waals surface area contributed by atoms with E-state index in [9.17, 15) is 4.21 Å². The maximum absolute atomic E-state index is 10.8. The van der Waals surface area contributed by atoms with Crippen molar-refractivity contribution in [1.82, 2.24) is 0 Å². The average molecular weight is 249 g/mol. The van der Waals surface area contributed by atoms with E-state index in [1.54, 1.807) is 18.2 Å². The van der Waals surface area contributed by atoms with Gasteiger partial charge in [0.1, 0.15) is 0 Å². The molecule has 0 saturated carbocycles. The van der Waals surface area contributed by atoms with Crippen LogP contribution in [0.2, 0.25) is 0 Å². The molecule has 0 spiro atoms. The first-order valence-corrected chi connectivity index (χ1v) is 6.85. The van der Waals surface area contributed by atoms with Crippen molar-refractivity contribution >= 4 is 30.7 Å². The van der Waals surface area contributed by atoms with Gasteiger partial charge in [0.15, 0.2) is 0 Å². The third-order valence-corrected chi connectivity index (χ3v) is 3.65. The molecule has 4 N–H and O–H groups in total. The molecular weight excluding hydrogens is 236 g/mol. The van der Waals surface area contributed by atoms with Gasteiger partial charge in [-0.3, -0.25) is 9.11 Å². The van der Waals surface area contributed by atoms with Gasteiger partial charge in [0.05, 0.1) is 5.69 Å². The van der Waals surface area contributed by atoms with Crippen molar-refractivity contribution < 1.29 is 13.3 Å². The standard InChI is InChI=1S/C8H12N2O3S2/c1-10(2)6-3-4-7(9)8(5-6)14-15(11,12)13/h3-5H,9H2,1-2H3,(H-,11,12,13)/p+1. The topological polar surface area (TPSA) is 86.8 Å². The highest BCUT2D eigenvalue weighted by Gasteiger charge is 2.18. The van der Waals surface area contributed by atoms with Gasteiger partial charge in [-0.1, -0.05) is 0 Å². The van der Waals surface area contributed by atoms with Gasteiger partial charge < -0.3 is 10.6 Å². The maximum Gasteiger partial charge on any atom is 0.437 e.